The molecule has 2 rings (SSSR count). The third-order valence-electron chi connectivity index (χ3n) is 3.28. The lowest BCUT2D eigenvalue weighted by Gasteiger charge is -2.07. The molecule has 2 amide bonds. The van der Waals surface area contributed by atoms with Crippen LogP contribution in [0.15, 0.2) is 48.5 Å². The molecular weight excluding hydrogens is 300 g/mol. The van der Waals surface area contributed by atoms with Crippen LogP contribution in [0.4, 0.5) is 0 Å². The lowest BCUT2D eigenvalue weighted by molar-refractivity contribution is -0.121. The van der Waals surface area contributed by atoms with E-state index in [1.54, 1.807) is 18.2 Å². The molecule has 0 fully saturated rings. The summed E-state index contributed by atoms with van der Waals surface area (Å²) in [7, 11) is 0. The molecule has 114 valence electrons. The van der Waals surface area contributed by atoms with E-state index >= 15 is 0 Å². The van der Waals surface area contributed by atoms with E-state index in [-0.39, 0.29) is 5.91 Å². The number of carbonyl (C=O) groups excluding carboxylic acids is 2. The SMILES string of the molecule is NC(=O)c1cccc(CNC(=O)CCc2ccccc2Cl)c1. The first-order valence-corrected chi connectivity index (χ1v) is 7.33. The minimum atomic E-state index is -0.480. The van der Waals surface area contributed by atoms with Crippen LogP contribution in [0.25, 0.3) is 0 Å². The number of hydrogen-bond acceptors (Lipinski definition) is 2. The van der Waals surface area contributed by atoms with Crippen LogP contribution in [0.2, 0.25) is 5.02 Å². The van der Waals surface area contributed by atoms with Crippen molar-refractivity contribution in [2.24, 2.45) is 5.73 Å². The smallest absolute Gasteiger partial charge is 0.248 e. The second-order valence-corrected chi connectivity index (χ2v) is 5.34. The topological polar surface area (TPSA) is 72.2 Å². The number of halogens is 1. The molecule has 0 radical (unpaired) electrons. The van der Waals surface area contributed by atoms with Crippen LogP contribution in [0.1, 0.15) is 27.9 Å². The van der Waals surface area contributed by atoms with Crippen LogP contribution in [0.3, 0.4) is 0 Å². The Balaban J connectivity index is 1.84. The highest BCUT2D eigenvalue weighted by Gasteiger charge is 2.06. The Labute approximate surface area is 134 Å². The average molecular weight is 317 g/mol. The van der Waals surface area contributed by atoms with E-state index in [0.717, 1.165) is 11.1 Å². The number of benzene rings is 2. The zero-order chi connectivity index (χ0) is 15.9. The zero-order valence-electron chi connectivity index (χ0n) is 12.0. The van der Waals surface area contributed by atoms with E-state index in [1.165, 1.54) is 0 Å². The summed E-state index contributed by atoms with van der Waals surface area (Å²) in [4.78, 5) is 23.0. The summed E-state index contributed by atoms with van der Waals surface area (Å²) in [6, 6.07) is 14.4. The number of rotatable bonds is 6. The van der Waals surface area contributed by atoms with E-state index < -0.39 is 5.91 Å². The highest BCUT2D eigenvalue weighted by molar-refractivity contribution is 6.31. The van der Waals surface area contributed by atoms with Gasteiger partial charge in [-0.15, -0.1) is 0 Å². The lowest BCUT2D eigenvalue weighted by Crippen LogP contribution is -2.23. The van der Waals surface area contributed by atoms with E-state index in [1.807, 2.05) is 30.3 Å². The van der Waals surface area contributed by atoms with Crippen molar-refractivity contribution in [3.05, 3.63) is 70.2 Å². The van der Waals surface area contributed by atoms with Gasteiger partial charge in [-0.3, -0.25) is 9.59 Å². The molecule has 0 aromatic heterocycles. The molecule has 0 heterocycles. The summed E-state index contributed by atoms with van der Waals surface area (Å²) >= 11 is 6.05. The molecular formula is C17H17ClN2O2. The van der Waals surface area contributed by atoms with E-state index in [4.69, 9.17) is 17.3 Å². The maximum atomic E-state index is 11.9. The average Bonchev–Trinajstić information content (AvgIpc) is 2.52. The quantitative estimate of drug-likeness (QED) is 0.860. The van der Waals surface area contributed by atoms with Gasteiger partial charge >= 0.3 is 0 Å². The molecule has 0 bridgehead atoms. The van der Waals surface area contributed by atoms with Crippen LogP contribution < -0.4 is 11.1 Å². The summed E-state index contributed by atoms with van der Waals surface area (Å²) in [6.45, 7) is 0.364. The molecule has 5 heteroatoms. The molecule has 0 atom stereocenters. The van der Waals surface area contributed by atoms with Gasteiger partial charge in [-0.25, -0.2) is 0 Å². The Morgan fingerprint density at radius 2 is 1.86 bits per heavy atom. The summed E-state index contributed by atoms with van der Waals surface area (Å²) in [5.74, 6) is -0.545. The molecule has 0 aliphatic carbocycles. The first kappa shape index (κ1) is 16.0. The second kappa shape index (κ2) is 7.61. The Bertz CT molecular complexity index is 686. The van der Waals surface area contributed by atoms with Crippen molar-refractivity contribution in [1.82, 2.24) is 5.32 Å². The molecule has 0 unspecified atom stereocenters. The van der Waals surface area contributed by atoms with E-state index in [9.17, 15) is 9.59 Å². The fourth-order valence-electron chi connectivity index (χ4n) is 2.07. The van der Waals surface area contributed by atoms with Crippen LogP contribution in [0.5, 0.6) is 0 Å². The van der Waals surface area contributed by atoms with Gasteiger partial charge in [-0.1, -0.05) is 41.9 Å². The third kappa shape index (κ3) is 4.60. The van der Waals surface area contributed by atoms with Gasteiger partial charge in [0.25, 0.3) is 0 Å². The molecule has 4 nitrogen and oxygen atoms in total. The number of carbonyl (C=O) groups is 2. The van der Waals surface area contributed by atoms with Crippen LogP contribution in [-0.2, 0) is 17.8 Å². The van der Waals surface area contributed by atoms with E-state index in [2.05, 4.69) is 5.32 Å². The van der Waals surface area contributed by atoms with Crippen LogP contribution in [0, 0.1) is 0 Å². The number of amides is 2. The highest BCUT2D eigenvalue weighted by atomic mass is 35.5. The third-order valence-corrected chi connectivity index (χ3v) is 3.65. The standard InChI is InChI=1S/C17H17ClN2O2/c18-15-7-2-1-5-13(15)8-9-16(21)20-11-12-4-3-6-14(10-12)17(19)22/h1-7,10H,8-9,11H2,(H2,19,22)(H,20,21). The summed E-state index contributed by atoms with van der Waals surface area (Å²) in [5.41, 5.74) is 7.45. The normalized spacial score (nSPS) is 10.2. The van der Waals surface area contributed by atoms with Crippen molar-refractivity contribution in [2.45, 2.75) is 19.4 Å². The highest BCUT2D eigenvalue weighted by Crippen LogP contribution is 2.16. The molecule has 2 aromatic rings. The van der Waals surface area contributed by atoms with Crippen molar-refractivity contribution < 1.29 is 9.59 Å². The van der Waals surface area contributed by atoms with Crippen molar-refractivity contribution in [1.29, 1.82) is 0 Å². The van der Waals surface area contributed by atoms with Crippen molar-refractivity contribution in [3.63, 3.8) is 0 Å². The maximum absolute atomic E-state index is 11.9. The van der Waals surface area contributed by atoms with Gasteiger partial charge in [0.05, 0.1) is 0 Å². The molecule has 0 saturated carbocycles. The van der Waals surface area contributed by atoms with Crippen molar-refractivity contribution in [3.8, 4) is 0 Å². The summed E-state index contributed by atoms with van der Waals surface area (Å²) < 4.78 is 0. The van der Waals surface area contributed by atoms with Crippen molar-refractivity contribution in [2.75, 3.05) is 0 Å². The zero-order valence-corrected chi connectivity index (χ0v) is 12.8. The predicted molar refractivity (Wildman–Crippen MR) is 86.6 cm³/mol. The Hall–Kier alpha value is -2.33. The molecule has 0 saturated heterocycles. The van der Waals surface area contributed by atoms with Gasteiger partial charge in [-0.05, 0) is 35.7 Å². The van der Waals surface area contributed by atoms with Gasteiger partial charge in [0.15, 0.2) is 0 Å². The largest absolute Gasteiger partial charge is 0.366 e. The fourth-order valence-corrected chi connectivity index (χ4v) is 2.30. The molecule has 22 heavy (non-hydrogen) atoms. The van der Waals surface area contributed by atoms with Gasteiger partial charge in [0.2, 0.25) is 11.8 Å². The molecule has 2 aromatic carbocycles. The van der Waals surface area contributed by atoms with E-state index in [0.29, 0.717) is 30.0 Å². The number of nitrogens with two attached hydrogens (primary N) is 1. The number of nitrogens with one attached hydrogen (secondary N) is 1. The summed E-state index contributed by atoms with van der Waals surface area (Å²) in [5, 5.41) is 3.49. The number of primary amides is 1. The Morgan fingerprint density at radius 3 is 2.59 bits per heavy atom. The van der Waals surface area contributed by atoms with Gasteiger partial charge in [0.1, 0.15) is 0 Å². The van der Waals surface area contributed by atoms with Gasteiger partial charge in [-0.2, -0.15) is 0 Å². The van der Waals surface area contributed by atoms with Crippen LogP contribution >= 0.6 is 11.6 Å². The second-order valence-electron chi connectivity index (χ2n) is 4.93. The Kier molecular flexibility index (Phi) is 5.55. The molecule has 0 aliphatic rings. The van der Waals surface area contributed by atoms with Gasteiger partial charge in [0, 0.05) is 23.6 Å². The Morgan fingerprint density at radius 1 is 1.09 bits per heavy atom. The molecule has 3 N–H and O–H groups in total. The minimum Gasteiger partial charge on any atom is -0.366 e. The first-order valence-electron chi connectivity index (χ1n) is 6.95. The number of hydrogen-bond donors (Lipinski definition) is 2. The number of aryl methyl sites for hydroxylation is 1. The summed E-state index contributed by atoms with van der Waals surface area (Å²) in [6.07, 6.45) is 0.950. The minimum absolute atomic E-state index is 0.0654. The predicted octanol–water partition coefficient (Wildman–Crippen LogP) is 2.69. The lowest BCUT2D eigenvalue weighted by atomic mass is 10.1. The monoisotopic (exact) mass is 316 g/mol. The first-order chi connectivity index (χ1) is 10.6. The van der Waals surface area contributed by atoms with Gasteiger partial charge < -0.3 is 11.1 Å². The van der Waals surface area contributed by atoms with Crippen LogP contribution in [-0.4, -0.2) is 11.8 Å². The van der Waals surface area contributed by atoms with Crippen molar-refractivity contribution >= 4 is 23.4 Å². The molecule has 0 aliphatic heterocycles. The fraction of sp³-hybridized carbons (Fsp3) is 0.176. The molecule has 0 spiro atoms. The maximum Gasteiger partial charge on any atom is 0.248 e.